The lowest BCUT2D eigenvalue weighted by Gasteiger charge is -2.30. The van der Waals surface area contributed by atoms with E-state index in [-0.39, 0.29) is 11.9 Å². The molecule has 24 heavy (non-hydrogen) atoms. The van der Waals surface area contributed by atoms with Crippen LogP contribution in [0.3, 0.4) is 0 Å². The number of rotatable bonds is 4. The number of fused-ring (bicyclic) bond motifs is 1. The van der Waals surface area contributed by atoms with Gasteiger partial charge in [0.15, 0.2) is 5.89 Å². The summed E-state index contributed by atoms with van der Waals surface area (Å²) in [6.07, 6.45) is 6.28. The maximum atomic E-state index is 13.0. The minimum Gasteiger partial charge on any atom is -0.435 e. The molecule has 5 nitrogen and oxygen atoms in total. The van der Waals surface area contributed by atoms with Gasteiger partial charge in [-0.3, -0.25) is 4.79 Å². The summed E-state index contributed by atoms with van der Waals surface area (Å²) >= 11 is 1.76. The fourth-order valence-electron chi connectivity index (χ4n) is 3.39. The molecule has 2 aliphatic carbocycles. The molecule has 1 saturated carbocycles. The van der Waals surface area contributed by atoms with Crippen molar-refractivity contribution < 1.29 is 9.21 Å². The lowest BCUT2D eigenvalue weighted by molar-refractivity contribution is 0.0682. The van der Waals surface area contributed by atoms with Crippen LogP contribution >= 0.6 is 11.3 Å². The first-order valence-corrected chi connectivity index (χ1v) is 9.63. The topological polar surface area (TPSA) is 59.2 Å². The molecule has 0 spiro atoms. The van der Waals surface area contributed by atoms with Gasteiger partial charge in [0.05, 0.1) is 27.3 Å². The summed E-state index contributed by atoms with van der Waals surface area (Å²) in [5.74, 6) is 1.51. The lowest BCUT2D eigenvalue weighted by Crippen LogP contribution is -2.33. The highest BCUT2D eigenvalue weighted by Crippen LogP contribution is 2.41. The second-order valence-corrected chi connectivity index (χ2v) is 7.95. The minimum atomic E-state index is -0.0591. The molecular weight excluding hydrogens is 322 g/mol. The van der Waals surface area contributed by atoms with Crippen LogP contribution in [0.1, 0.15) is 82.3 Å². The Morgan fingerprint density at radius 3 is 2.83 bits per heavy atom. The van der Waals surface area contributed by atoms with E-state index in [0.717, 1.165) is 44.4 Å². The first-order valence-electron chi connectivity index (χ1n) is 8.81. The van der Waals surface area contributed by atoms with Gasteiger partial charge in [-0.2, -0.15) is 0 Å². The van der Waals surface area contributed by atoms with Gasteiger partial charge in [0.25, 0.3) is 5.91 Å². The summed E-state index contributed by atoms with van der Waals surface area (Å²) in [5.41, 5.74) is 1.89. The van der Waals surface area contributed by atoms with Crippen LogP contribution in [0.15, 0.2) is 4.42 Å². The van der Waals surface area contributed by atoms with Crippen molar-refractivity contribution in [3.63, 3.8) is 0 Å². The van der Waals surface area contributed by atoms with Gasteiger partial charge in [-0.15, -0.1) is 11.3 Å². The molecule has 0 bridgehead atoms. The molecule has 0 N–H and O–H groups in total. The van der Waals surface area contributed by atoms with Crippen LogP contribution in [0.25, 0.3) is 0 Å². The molecular formula is C18H23N3O2S. The Hall–Kier alpha value is -1.69. The standard InChI is InChI=1S/C18H23N3O2S/c1-4-14-20-12-6-5-7-13(16(12)24-14)21(3)18(22)15-10(2)19-17(23-15)11-8-9-11/h11,13H,4-9H2,1-3H3. The first kappa shape index (κ1) is 15.8. The van der Waals surface area contributed by atoms with Crippen LogP contribution in [0, 0.1) is 6.92 Å². The molecule has 0 aliphatic heterocycles. The maximum absolute atomic E-state index is 13.0. The Kier molecular flexibility index (Phi) is 3.95. The highest BCUT2D eigenvalue weighted by Gasteiger charge is 2.35. The normalized spacial score (nSPS) is 20.0. The van der Waals surface area contributed by atoms with Crippen LogP contribution in [-0.2, 0) is 12.8 Å². The minimum absolute atomic E-state index is 0.0591. The van der Waals surface area contributed by atoms with Crippen LogP contribution in [0.4, 0.5) is 0 Å². The molecule has 2 aromatic heterocycles. The summed E-state index contributed by atoms with van der Waals surface area (Å²) in [5, 5.41) is 1.17. The van der Waals surface area contributed by atoms with Crippen molar-refractivity contribution in [2.24, 2.45) is 0 Å². The van der Waals surface area contributed by atoms with E-state index in [1.54, 1.807) is 11.3 Å². The van der Waals surface area contributed by atoms with E-state index in [1.165, 1.54) is 15.6 Å². The van der Waals surface area contributed by atoms with Crippen molar-refractivity contribution in [3.8, 4) is 0 Å². The van der Waals surface area contributed by atoms with E-state index < -0.39 is 0 Å². The molecule has 0 radical (unpaired) electrons. The number of oxazole rings is 1. The molecule has 0 saturated heterocycles. The number of thiazole rings is 1. The Morgan fingerprint density at radius 2 is 2.12 bits per heavy atom. The average molecular weight is 345 g/mol. The number of nitrogens with zero attached hydrogens (tertiary/aromatic N) is 3. The highest BCUT2D eigenvalue weighted by atomic mass is 32.1. The number of hydrogen-bond donors (Lipinski definition) is 0. The molecule has 4 rings (SSSR count). The van der Waals surface area contributed by atoms with E-state index in [4.69, 9.17) is 9.40 Å². The van der Waals surface area contributed by atoms with E-state index in [9.17, 15) is 4.79 Å². The fraction of sp³-hybridized carbons (Fsp3) is 0.611. The number of amides is 1. The van der Waals surface area contributed by atoms with Crippen molar-refractivity contribution in [1.82, 2.24) is 14.9 Å². The Labute approximate surface area is 146 Å². The van der Waals surface area contributed by atoms with Crippen molar-refractivity contribution in [3.05, 3.63) is 32.9 Å². The van der Waals surface area contributed by atoms with Gasteiger partial charge in [-0.1, -0.05) is 6.92 Å². The SMILES string of the molecule is CCc1nc2c(s1)C(N(C)C(=O)c1oc(C3CC3)nc1C)CCC2. The van der Waals surface area contributed by atoms with Gasteiger partial charge in [0, 0.05) is 13.0 Å². The average Bonchev–Trinajstić information content (AvgIpc) is 3.23. The molecule has 1 amide bonds. The van der Waals surface area contributed by atoms with E-state index in [1.807, 2.05) is 18.9 Å². The van der Waals surface area contributed by atoms with Crippen molar-refractivity contribution in [2.45, 2.75) is 64.3 Å². The zero-order chi connectivity index (χ0) is 16.8. The lowest BCUT2D eigenvalue weighted by atomic mass is 9.97. The summed E-state index contributed by atoms with van der Waals surface area (Å²) < 4.78 is 5.81. The number of carbonyl (C=O) groups is 1. The van der Waals surface area contributed by atoms with Crippen molar-refractivity contribution >= 4 is 17.2 Å². The van der Waals surface area contributed by atoms with E-state index in [0.29, 0.717) is 17.4 Å². The Bertz CT molecular complexity index is 775. The summed E-state index contributed by atoms with van der Waals surface area (Å²) in [6, 6.07) is 0.105. The van der Waals surface area contributed by atoms with Crippen molar-refractivity contribution in [2.75, 3.05) is 7.05 Å². The molecule has 0 aromatic carbocycles. The van der Waals surface area contributed by atoms with Crippen molar-refractivity contribution in [1.29, 1.82) is 0 Å². The number of aryl methyl sites for hydroxylation is 3. The molecule has 1 unspecified atom stereocenters. The smallest absolute Gasteiger partial charge is 0.291 e. The van der Waals surface area contributed by atoms with Gasteiger partial charge in [-0.25, -0.2) is 9.97 Å². The molecule has 2 aliphatic rings. The zero-order valence-electron chi connectivity index (χ0n) is 14.5. The molecule has 6 heteroatoms. The van der Waals surface area contributed by atoms with Crippen LogP contribution < -0.4 is 0 Å². The third-order valence-corrected chi connectivity index (χ3v) is 6.33. The highest BCUT2D eigenvalue weighted by molar-refractivity contribution is 7.11. The monoisotopic (exact) mass is 345 g/mol. The summed E-state index contributed by atoms with van der Waals surface area (Å²) in [6.45, 7) is 4.00. The summed E-state index contributed by atoms with van der Waals surface area (Å²) in [4.78, 5) is 25.3. The van der Waals surface area contributed by atoms with Crippen LogP contribution in [0.5, 0.6) is 0 Å². The van der Waals surface area contributed by atoms with Crippen LogP contribution in [-0.4, -0.2) is 27.8 Å². The molecule has 1 fully saturated rings. The van der Waals surface area contributed by atoms with E-state index in [2.05, 4.69) is 11.9 Å². The first-order chi connectivity index (χ1) is 11.6. The number of carbonyl (C=O) groups excluding carboxylic acids is 1. The molecule has 2 aromatic rings. The fourth-order valence-corrected chi connectivity index (χ4v) is 4.62. The maximum Gasteiger partial charge on any atom is 0.291 e. The Morgan fingerprint density at radius 1 is 1.33 bits per heavy atom. The second-order valence-electron chi connectivity index (χ2n) is 6.84. The summed E-state index contributed by atoms with van der Waals surface area (Å²) in [7, 11) is 1.88. The molecule has 2 heterocycles. The van der Waals surface area contributed by atoms with Gasteiger partial charge in [-0.05, 0) is 45.4 Å². The van der Waals surface area contributed by atoms with Gasteiger partial charge in [0.1, 0.15) is 0 Å². The second kappa shape index (κ2) is 5.99. The zero-order valence-corrected chi connectivity index (χ0v) is 15.3. The van der Waals surface area contributed by atoms with Gasteiger partial charge < -0.3 is 9.32 Å². The predicted molar refractivity (Wildman–Crippen MR) is 92.5 cm³/mol. The van der Waals surface area contributed by atoms with Crippen LogP contribution in [0.2, 0.25) is 0 Å². The quantitative estimate of drug-likeness (QED) is 0.839. The number of hydrogen-bond acceptors (Lipinski definition) is 5. The molecule has 128 valence electrons. The third-order valence-electron chi connectivity index (χ3n) is 4.99. The number of aromatic nitrogens is 2. The van der Waals surface area contributed by atoms with Gasteiger partial charge >= 0.3 is 0 Å². The predicted octanol–water partition coefficient (Wildman–Crippen LogP) is 4.03. The third kappa shape index (κ3) is 2.66. The van der Waals surface area contributed by atoms with Gasteiger partial charge in [0.2, 0.25) is 5.76 Å². The largest absolute Gasteiger partial charge is 0.435 e. The molecule has 1 atom stereocenters. The van der Waals surface area contributed by atoms with E-state index >= 15 is 0 Å². The Balaban J connectivity index is 1.60.